The van der Waals surface area contributed by atoms with Crippen molar-refractivity contribution >= 4 is 22.0 Å². The molecule has 10 heteroatoms. The highest BCUT2D eigenvalue weighted by molar-refractivity contribution is 7.89. The fraction of sp³-hybridized carbons (Fsp3) is 0.556. The highest BCUT2D eigenvalue weighted by Crippen LogP contribution is 2.18. The van der Waals surface area contributed by atoms with E-state index in [2.05, 4.69) is 10.6 Å². The lowest BCUT2D eigenvalue weighted by molar-refractivity contribution is -0.122. The Morgan fingerprint density at radius 3 is 2.25 bits per heavy atom. The number of benzene rings is 1. The number of ether oxygens (including phenoxy) is 1. The molecule has 1 aromatic carbocycles. The first-order valence-electron chi connectivity index (χ1n) is 9.29. The lowest BCUT2D eigenvalue weighted by Gasteiger charge is -2.33. The summed E-state index contributed by atoms with van der Waals surface area (Å²) in [6, 6.07) is 6.80. The third-order valence-corrected chi connectivity index (χ3v) is 6.26. The molecule has 1 aliphatic heterocycles. The molecule has 9 nitrogen and oxygen atoms in total. The summed E-state index contributed by atoms with van der Waals surface area (Å²) >= 11 is 0. The van der Waals surface area contributed by atoms with Crippen molar-refractivity contribution in [3.05, 3.63) is 29.8 Å². The van der Waals surface area contributed by atoms with Crippen molar-refractivity contribution in [2.24, 2.45) is 0 Å². The fourth-order valence-electron chi connectivity index (χ4n) is 2.79. The summed E-state index contributed by atoms with van der Waals surface area (Å²) < 4.78 is 31.5. The SMILES string of the molecule is CCOC(=O)NCCNC(=O)CN1CCN(S(=O)(=O)c2ccc(C)cc2)CC1. The van der Waals surface area contributed by atoms with E-state index >= 15 is 0 Å². The largest absolute Gasteiger partial charge is 0.450 e. The van der Waals surface area contributed by atoms with Crippen molar-refractivity contribution in [1.82, 2.24) is 19.8 Å². The van der Waals surface area contributed by atoms with Crippen molar-refractivity contribution < 1.29 is 22.7 Å². The zero-order valence-corrected chi connectivity index (χ0v) is 17.1. The molecule has 0 saturated carbocycles. The van der Waals surface area contributed by atoms with Gasteiger partial charge in [-0.2, -0.15) is 4.31 Å². The monoisotopic (exact) mass is 412 g/mol. The van der Waals surface area contributed by atoms with E-state index < -0.39 is 16.1 Å². The van der Waals surface area contributed by atoms with Gasteiger partial charge in [0.15, 0.2) is 0 Å². The molecule has 0 aliphatic carbocycles. The van der Waals surface area contributed by atoms with Gasteiger partial charge in [0.2, 0.25) is 15.9 Å². The molecule has 1 saturated heterocycles. The number of alkyl carbamates (subject to hydrolysis) is 1. The van der Waals surface area contributed by atoms with Crippen LogP contribution >= 0.6 is 0 Å². The minimum absolute atomic E-state index is 0.166. The number of hydrogen-bond donors (Lipinski definition) is 2. The van der Waals surface area contributed by atoms with Gasteiger partial charge in [0.05, 0.1) is 18.0 Å². The van der Waals surface area contributed by atoms with Crippen molar-refractivity contribution in [2.45, 2.75) is 18.7 Å². The molecule has 2 amide bonds. The zero-order valence-electron chi connectivity index (χ0n) is 16.3. The van der Waals surface area contributed by atoms with Gasteiger partial charge in [-0.3, -0.25) is 9.69 Å². The molecule has 156 valence electrons. The number of aryl methyl sites for hydroxylation is 1. The summed E-state index contributed by atoms with van der Waals surface area (Å²) in [5.41, 5.74) is 1.01. The topological polar surface area (TPSA) is 108 Å². The Hall–Kier alpha value is -2.17. The number of carbonyl (C=O) groups is 2. The van der Waals surface area contributed by atoms with Crippen molar-refractivity contribution in [3.8, 4) is 0 Å². The Morgan fingerprint density at radius 2 is 1.64 bits per heavy atom. The first-order valence-corrected chi connectivity index (χ1v) is 10.7. The van der Waals surface area contributed by atoms with Gasteiger partial charge in [0, 0.05) is 39.3 Å². The van der Waals surface area contributed by atoms with Gasteiger partial charge in [0.1, 0.15) is 0 Å². The standard InChI is InChI=1S/C18H28N4O5S/c1-3-27-18(24)20-9-8-19-17(23)14-21-10-12-22(13-11-21)28(25,26)16-6-4-15(2)5-7-16/h4-7H,3,8-14H2,1-2H3,(H,19,23)(H,20,24). The van der Waals surface area contributed by atoms with E-state index in [1.54, 1.807) is 31.2 Å². The molecule has 28 heavy (non-hydrogen) atoms. The van der Waals surface area contributed by atoms with Gasteiger partial charge in [-0.05, 0) is 26.0 Å². The van der Waals surface area contributed by atoms with Crippen molar-refractivity contribution in [3.63, 3.8) is 0 Å². The first kappa shape index (κ1) is 22.1. The molecule has 0 unspecified atom stereocenters. The summed E-state index contributed by atoms with van der Waals surface area (Å²) in [6.07, 6.45) is -0.511. The van der Waals surface area contributed by atoms with Gasteiger partial charge < -0.3 is 15.4 Å². The summed E-state index contributed by atoms with van der Waals surface area (Å²) in [5, 5.41) is 5.24. The van der Waals surface area contributed by atoms with Crippen LogP contribution < -0.4 is 10.6 Å². The average Bonchev–Trinajstić information content (AvgIpc) is 2.66. The van der Waals surface area contributed by atoms with E-state index in [4.69, 9.17) is 4.74 Å². The summed E-state index contributed by atoms with van der Waals surface area (Å²) in [6.45, 7) is 6.36. The molecule has 1 aromatic rings. The lowest BCUT2D eigenvalue weighted by Crippen LogP contribution is -2.51. The highest BCUT2D eigenvalue weighted by atomic mass is 32.2. The molecule has 1 aliphatic rings. The van der Waals surface area contributed by atoms with Crippen molar-refractivity contribution in [2.75, 3.05) is 52.4 Å². The van der Waals surface area contributed by atoms with Crippen LogP contribution in [0.1, 0.15) is 12.5 Å². The minimum atomic E-state index is -3.51. The van der Waals surface area contributed by atoms with Crippen LogP contribution in [0, 0.1) is 6.92 Å². The highest BCUT2D eigenvalue weighted by Gasteiger charge is 2.28. The summed E-state index contributed by atoms with van der Waals surface area (Å²) in [7, 11) is -3.51. The number of nitrogens with zero attached hydrogens (tertiary/aromatic N) is 2. The van der Waals surface area contributed by atoms with Crippen LogP contribution in [0.4, 0.5) is 4.79 Å². The minimum Gasteiger partial charge on any atom is -0.450 e. The second-order valence-corrected chi connectivity index (χ2v) is 8.43. The molecular formula is C18H28N4O5S. The van der Waals surface area contributed by atoms with Crippen molar-refractivity contribution in [1.29, 1.82) is 0 Å². The van der Waals surface area contributed by atoms with Crippen LogP contribution in [0.3, 0.4) is 0 Å². The van der Waals surface area contributed by atoms with Gasteiger partial charge in [-0.25, -0.2) is 13.2 Å². The molecule has 0 atom stereocenters. The summed E-state index contributed by atoms with van der Waals surface area (Å²) in [5.74, 6) is -0.166. The Morgan fingerprint density at radius 1 is 1.04 bits per heavy atom. The quantitative estimate of drug-likeness (QED) is 0.589. The Labute approximate surface area is 166 Å². The maximum absolute atomic E-state index is 12.7. The van der Waals surface area contributed by atoms with Gasteiger partial charge in [0.25, 0.3) is 0 Å². The number of carbonyl (C=O) groups excluding carboxylic acids is 2. The van der Waals surface area contributed by atoms with E-state index in [9.17, 15) is 18.0 Å². The first-order chi connectivity index (χ1) is 13.3. The Bertz CT molecular complexity index is 759. The molecule has 2 rings (SSSR count). The van der Waals surface area contributed by atoms with Crippen LogP contribution in [0.15, 0.2) is 29.2 Å². The number of hydrogen-bond acceptors (Lipinski definition) is 6. The Balaban J connectivity index is 1.72. The van der Waals surface area contributed by atoms with Crippen LogP contribution in [0.5, 0.6) is 0 Å². The molecule has 2 N–H and O–H groups in total. The zero-order chi connectivity index (χ0) is 20.6. The van der Waals surface area contributed by atoms with E-state index in [0.29, 0.717) is 44.2 Å². The predicted molar refractivity (Wildman–Crippen MR) is 104 cm³/mol. The lowest BCUT2D eigenvalue weighted by atomic mass is 10.2. The third-order valence-electron chi connectivity index (χ3n) is 4.35. The molecule has 0 bridgehead atoms. The fourth-order valence-corrected chi connectivity index (χ4v) is 4.22. The van der Waals surface area contributed by atoms with Crippen LogP contribution in [0.2, 0.25) is 0 Å². The van der Waals surface area contributed by atoms with E-state index in [0.717, 1.165) is 5.56 Å². The molecule has 0 radical (unpaired) electrons. The maximum Gasteiger partial charge on any atom is 0.407 e. The molecule has 0 aromatic heterocycles. The van der Waals surface area contributed by atoms with E-state index in [-0.39, 0.29) is 19.0 Å². The normalized spacial score (nSPS) is 15.8. The van der Waals surface area contributed by atoms with Crippen LogP contribution in [0.25, 0.3) is 0 Å². The van der Waals surface area contributed by atoms with E-state index in [1.807, 2.05) is 11.8 Å². The van der Waals surface area contributed by atoms with E-state index in [1.165, 1.54) is 4.31 Å². The molecule has 1 heterocycles. The number of rotatable bonds is 8. The number of piperazine rings is 1. The molecule has 0 spiro atoms. The average molecular weight is 413 g/mol. The third kappa shape index (κ3) is 6.47. The Kier molecular flexibility index (Phi) is 8.21. The van der Waals surface area contributed by atoms with Crippen LogP contribution in [-0.2, 0) is 19.6 Å². The number of nitrogens with one attached hydrogen (secondary N) is 2. The summed E-state index contributed by atoms with van der Waals surface area (Å²) in [4.78, 5) is 25.3. The number of sulfonamides is 1. The van der Waals surface area contributed by atoms with Gasteiger partial charge in [-0.1, -0.05) is 17.7 Å². The second-order valence-electron chi connectivity index (χ2n) is 6.49. The predicted octanol–water partition coefficient (Wildman–Crippen LogP) is 0.164. The maximum atomic E-state index is 12.7. The van der Waals surface area contributed by atoms with Gasteiger partial charge in [-0.15, -0.1) is 0 Å². The van der Waals surface area contributed by atoms with Gasteiger partial charge >= 0.3 is 6.09 Å². The number of amides is 2. The smallest absolute Gasteiger partial charge is 0.407 e. The molecule has 1 fully saturated rings. The molecular weight excluding hydrogens is 384 g/mol. The van der Waals surface area contributed by atoms with Crippen LogP contribution in [-0.4, -0.2) is 82.0 Å². The second kappa shape index (κ2) is 10.4.